The second-order valence-corrected chi connectivity index (χ2v) is 4.89. The molecule has 0 saturated carbocycles. The van der Waals surface area contributed by atoms with E-state index in [2.05, 4.69) is 66.7 Å². The molecule has 0 amide bonds. The van der Waals surface area contributed by atoms with E-state index in [0.717, 1.165) is 5.39 Å². The largest absolute Gasteiger partial charge is 0.0616 e. The van der Waals surface area contributed by atoms with E-state index in [1.54, 1.807) is 0 Å². The Bertz CT molecular complexity index is 816. The van der Waals surface area contributed by atoms with Crippen molar-refractivity contribution in [3.05, 3.63) is 84.9 Å². The zero-order valence-electron chi connectivity index (χ0n) is 10.9. The van der Waals surface area contributed by atoms with Crippen molar-refractivity contribution in [2.45, 2.75) is 0 Å². The van der Waals surface area contributed by atoms with Crippen molar-refractivity contribution < 1.29 is 0 Å². The van der Waals surface area contributed by atoms with E-state index >= 15 is 0 Å². The minimum Gasteiger partial charge on any atom is -0.0616 e. The molecular formula is C20H12. The van der Waals surface area contributed by atoms with Crippen molar-refractivity contribution in [2.24, 2.45) is 0 Å². The molecule has 0 bridgehead atoms. The summed E-state index contributed by atoms with van der Waals surface area (Å²) in [5.41, 5.74) is 2.53. The number of rotatable bonds is 1. The van der Waals surface area contributed by atoms with Gasteiger partial charge in [0.2, 0.25) is 0 Å². The normalized spacial score (nSPS) is 11.0. The molecule has 20 heavy (non-hydrogen) atoms. The zero-order chi connectivity index (χ0) is 13.4. The predicted octanol–water partition coefficient (Wildman–Crippen LogP) is 5.26. The van der Waals surface area contributed by atoms with Gasteiger partial charge >= 0.3 is 0 Å². The average molecular weight is 252 g/mol. The van der Waals surface area contributed by atoms with Crippen LogP contribution in [0.25, 0.3) is 32.7 Å². The Labute approximate surface area is 118 Å². The predicted molar refractivity (Wildman–Crippen MR) is 84.6 cm³/mol. The van der Waals surface area contributed by atoms with Crippen LogP contribution in [0, 0.1) is 12.1 Å². The highest BCUT2D eigenvalue weighted by Gasteiger charge is 2.06. The minimum atomic E-state index is 1.16. The molecule has 0 saturated heterocycles. The van der Waals surface area contributed by atoms with Gasteiger partial charge in [0.1, 0.15) is 0 Å². The second-order valence-electron chi connectivity index (χ2n) is 4.89. The summed E-state index contributed by atoms with van der Waals surface area (Å²) in [6.45, 7) is 0. The molecule has 2 radical (unpaired) electrons. The van der Waals surface area contributed by atoms with Crippen LogP contribution in [0.15, 0.2) is 72.8 Å². The van der Waals surface area contributed by atoms with Crippen molar-refractivity contribution in [1.29, 1.82) is 0 Å². The van der Waals surface area contributed by atoms with Gasteiger partial charge in [-0.15, -0.1) is 0 Å². The Hall–Kier alpha value is -2.60. The molecular weight excluding hydrogens is 240 g/mol. The fraction of sp³-hybridized carbons (Fsp3) is 0. The molecule has 4 aromatic rings. The van der Waals surface area contributed by atoms with Crippen LogP contribution in [0.5, 0.6) is 0 Å². The average Bonchev–Trinajstić information content (AvgIpc) is 2.54. The molecule has 0 heterocycles. The molecule has 0 nitrogen and oxygen atoms in total. The summed E-state index contributed by atoms with van der Waals surface area (Å²) in [6, 6.07) is 31.6. The van der Waals surface area contributed by atoms with Crippen molar-refractivity contribution >= 4 is 21.5 Å². The van der Waals surface area contributed by atoms with E-state index in [-0.39, 0.29) is 0 Å². The van der Waals surface area contributed by atoms with Gasteiger partial charge in [-0.25, -0.2) is 0 Å². The zero-order valence-corrected chi connectivity index (χ0v) is 10.9. The van der Waals surface area contributed by atoms with Crippen LogP contribution >= 0.6 is 0 Å². The van der Waals surface area contributed by atoms with Crippen LogP contribution in [0.1, 0.15) is 0 Å². The van der Waals surface area contributed by atoms with Crippen LogP contribution in [0.4, 0.5) is 0 Å². The van der Waals surface area contributed by atoms with Crippen LogP contribution in [-0.4, -0.2) is 0 Å². The molecule has 0 heteroatoms. The molecule has 0 fully saturated rings. The topological polar surface area (TPSA) is 0 Å². The first-order valence-corrected chi connectivity index (χ1v) is 6.72. The van der Waals surface area contributed by atoms with E-state index < -0.39 is 0 Å². The highest BCUT2D eigenvalue weighted by molar-refractivity contribution is 6.05. The van der Waals surface area contributed by atoms with Crippen LogP contribution in [-0.2, 0) is 0 Å². The third-order valence-electron chi connectivity index (χ3n) is 3.72. The van der Waals surface area contributed by atoms with Crippen molar-refractivity contribution in [1.82, 2.24) is 0 Å². The fourth-order valence-corrected chi connectivity index (χ4v) is 2.78. The van der Waals surface area contributed by atoms with E-state index in [4.69, 9.17) is 0 Å². The molecule has 0 aromatic heterocycles. The smallest absolute Gasteiger partial charge is 0.00987 e. The second kappa shape index (κ2) is 4.50. The summed E-state index contributed by atoms with van der Waals surface area (Å²) < 4.78 is 0. The molecule has 0 aliphatic carbocycles. The highest BCUT2D eigenvalue weighted by atomic mass is 14.1. The van der Waals surface area contributed by atoms with Crippen molar-refractivity contribution in [3.8, 4) is 11.1 Å². The van der Waals surface area contributed by atoms with Crippen LogP contribution in [0.3, 0.4) is 0 Å². The summed E-state index contributed by atoms with van der Waals surface area (Å²) in [6.07, 6.45) is 0. The van der Waals surface area contributed by atoms with E-state index in [1.165, 1.54) is 27.3 Å². The van der Waals surface area contributed by atoms with Crippen molar-refractivity contribution in [2.75, 3.05) is 0 Å². The Morgan fingerprint density at radius 1 is 0.650 bits per heavy atom. The van der Waals surface area contributed by atoms with Gasteiger partial charge in [-0.1, -0.05) is 66.7 Å². The third-order valence-corrected chi connectivity index (χ3v) is 3.72. The van der Waals surface area contributed by atoms with Gasteiger partial charge in [0.05, 0.1) is 0 Å². The quantitative estimate of drug-likeness (QED) is 0.433. The molecule has 0 unspecified atom stereocenters. The molecule has 0 spiro atoms. The monoisotopic (exact) mass is 252 g/mol. The molecule has 92 valence electrons. The van der Waals surface area contributed by atoms with E-state index in [9.17, 15) is 0 Å². The summed E-state index contributed by atoms with van der Waals surface area (Å²) in [7, 11) is 0. The Kier molecular flexibility index (Phi) is 2.53. The Morgan fingerprint density at radius 3 is 2.55 bits per heavy atom. The van der Waals surface area contributed by atoms with Gasteiger partial charge in [-0.05, 0) is 50.9 Å². The molecule has 0 aliphatic heterocycles. The maximum absolute atomic E-state index is 3.30. The van der Waals surface area contributed by atoms with Gasteiger partial charge in [0, 0.05) is 0 Å². The fourth-order valence-electron chi connectivity index (χ4n) is 2.78. The number of benzene rings is 4. The lowest BCUT2D eigenvalue weighted by Gasteiger charge is -2.09. The van der Waals surface area contributed by atoms with E-state index in [0.29, 0.717) is 0 Å². The summed E-state index contributed by atoms with van der Waals surface area (Å²) in [5, 5.41) is 4.89. The van der Waals surface area contributed by atoms with Gasteiger partial charge < -0.3 is 0 Å². The van der Waals surface area contributed by atoms with Crippen LogP contribution in [0.2, 0.25) is 0 Å². The molecule has 4 aromatic carbocycles. The number of hydrogen-bond donors (Lipinski definition) is 0. The minimum absolute atomic E-state index is 1.16. The van der Waals surface area contributed by atoms with Gasteiger partial charge in [-0.3, -0.25) is 0 Å². The maximum atomic E-state index is 3.30. The summed E-state index contributed by atoms with van der Waals surface area (Å²) in [5.74, 6) is 0. The molecule has 0 aliphatic rings. The molecule has 0 N–H and O–H groups in total. The molecule has 4 rings (SSSR count). The number of fused-ring (bicyclic) bond motifs is 2. The maximum Gasteiger partial charge on any atom is -0.00987 e. The first-order valence-electron chi connectivity index (χ1n) is 6.72. The first-order chi connectivity index (χ1) is 9.93. The SMILES string of the molecule is [c]1ccc2c(-c3cc[c]c4ccccc34)cccc2c1. The van der Waals surface area contributed by atoms with Gasteiger partial charge in [0.25, 0.3) is 0 Å². The van der Waals surface area contributed by atoms with E-state index in [1.807, 2.05) is 18.2 Å². The Balaban J connectivity index is 2.12. The standard InChI is InChI=1S/C20H12/c1-3-11-17-15(7-1)9-5-13-19(17)20-14-6-10-16-8-2-4-12-18(16)20/h1,3-8,10-14H. The lowest BCUT2D eigenvalue weighted by atomic mass is 9.94. The lowest BCUT2D eigenvalue weighted by Crippen LogP contribution is -1.83. The number of hydrogen-bond acceptors (Lipinski definition) is 0. The van der Waals surface area contributed by atoms with Gasteiger partial charge in [0.15, 0.2) is 0 Å². The lowest BCUT2D eigenvalue weighted by molar-refractivity contribution is 1.67. The Morgan fingerprint density at radius 2 is 1.55 bits per heavy atom. The van der Waals surface area contributed by atoms with Crippen LogP contribution < -0.4 is 0 Å². The van der Waals surface area contributed by atoms with Gasteiger partial charge in [-0.2, -0.15) is 0 Å². The highest BCUT2D eigenvalue weighted by Crippen LogP contribution is 2.33. The van der Waals surface area contributed by atoms with Crippen molar-refractivity contribution in [3.63, 3.8) is 0 Å². The summed E-state index contributed by atoms with van der Waals surface area (Å²) in [4.78, 5) is 0. The molecule has 0 atom stereocenters. The summed E-state index contributed by atoms with van der Waals surface area (Å²) >= 11 is 0. The first kappa shape index (κ1) is 11.2. The third kappa shape index (κ3) is 1.70.